The van der Waals surface area contributed by atoms with E-state index >= 15 is 0 Å². The molecule has 0 radical (unpaired) electrons. The average molecular weight is 171 g/mol. The Balaban J connectivity index is 2.23. The van der Waals surface area contributed by atoms with E-state index in [1.54, 1.807) is 5.51 Å². The minimum atomic E-state index is -0.332. The maximum Gasteiger partial charge on any atom is 0.416 e. The Morgan fingerprint density at radius 2 is 2.64 bits per heavy atom. The summed E-state index contributed by atoms with van der Waals surface area (Å²) in [4.78, 5) is 12.4. The van der Waals surface area contributed by atoms with Gasteiger partial charge in [0.2, 0.25) is 5.13 Å². The van der Waals surface area contributed by atoms with Gasteiger partial charge >= 0.3 is 6.09 Å². The standard InChI is InChI=1S/C5H5N3O2S/c9-5-8(1-2-10-5)4-7-6-3-11-4/h3H,1-2H2. The highest BCUT2D eigenvalue weighted by Crippen LogP contribution is 2.18. The molecule has 2 heterocycles. The smallest absolute Gasteiger partial charge is 0.416 e. The molecule has 0 aromatic carbocycles. The van der Waals surface area contributed by atoms with Crippen LogP contribution in [-0.4, -0.2) is 29.4 Å². The summed E-state index contributed by atoms with van der Waals surface area (Å²) >= 11 is 1.33. The molecule has 0 unspecified atom stereocenters. The van der Waals surface area contributed by atoms with Crippen LogP contribution in [-0.2, 0) is 4.74 Å². The molecule has 5 nitrogen and oxygen atoms in total. The highest BCUT2D eigenvalue weighted by atomic mass is 32.1. The quantitative estimate of drug-likeness (QED) is 0.617. The van der Waals surface area contributed by atoms with Crippen LogP contribution in [0, 0.1) is 0 Å². The molecule has 1 aromatic heterocycles. The summed E-state index contributed by atoms with van der Waals surface area (Å²) in [6.07, 6.45) is -0.332. The monoisotopic (exact) mass is 171 g/mol. The van der Waals surface area contributed by atoms with E-state index in [0.717, 1.165) is 0 Å². The Morgan fingerprint density at radius 3 is 3.18 bits per heavy atom. The topological polar surface area (TPSA) is 55.3 Å². The lowest BCUT2D eigenvalue weighted by Crippen LogP contribution is -2.22. The molecule has 6 heteroatoms. The zero-order valence-electron chi connectivity index (χ0n) is 5.56. The molecular weight excluding hydrogens is 166 g/mol. The Morgan fingerprint density at radius 1 is 1.73 bits per heavy atom. The Bertz CT molecular complexity index is 261. The van der Waals surface area contributed by atoms with E-state index in [-0.39, 0.29) is 6.09 Å². The second-order valence-corrected chi connectivity index (χ2v) is 2.80. The van der Waals surface area contributed by atoms with Gasteiger partial charge in [0.15, 0.2) is 0 Å². The molecule has 1 aliphatic rings. The van der Waals surface area contributed by atoms with Crippen LogP contribution >= 0.6 is 11.3 Å². The van der Waals surface area contributed by atoms with E-state index in [2.05, 4.69) is 10.2 Å². The molecule has 11 heavy (non-hydrogen) atoms. The summed E-state index contributed by atoms with van der Waals surface area (Å²) in [5.41, 5.74) is 1.58. The van der Waals surface area contributed by atoms with Crippen molar-refractivity contribution >= 4 is 22.6 Å². The number of amides is 1. The van der Waals surface area contributed by atoms with Crippen molar-refractivity contribution in [2.24, 2.45) is 0 Å². The van der Waals surface area contributed by atoms with Crippen LogP contribution in [0.2, 0.25) is 0 Å². The fraction of sp³-hybridized carbons (Fsp3) is 0.400. The van der Waals surface area contributed by atoms with Gasteiger partial charge in [0, 0.05) is 0 Å². The maximum atomic E-state index is 10.9. The third kappa shape index (κ3) is 1.05. The summed E-state index contributed by atoms with van der Waals surface area (Å²) in [7, 11) is 0. The molecule has 0 aliphatic carbocycles. The zero-order valence-corrected chi connectivity index (χ0v) is 6.37. The third-order valence-electron chi connectivity index (χ3n) is 1.34. The number of ether oxygens (including phenoxy) is 1. The summed E-state index contributed by atoms with van der Waals surface area (Å²) in [6, 6.07) is 0. The molecule has 1 fully saturated rings. The van der Waals surface area contributed by atoms with E-state index in [1.165, 1.54) is 16.2 Å². The number of carbonyl (C=O) groups is 1. The SMILES string of the molecule is O=C1OCCN1c1nncs1. The summed E-state index contributed by atoms with van der Waals surface area (Å²) in [5, 5.41) is 7.97. The van der Waals surface area contributed by atoms with Crippen molar-refractivity contribution in [2.75, 3.05) is 18.1 Å². The van der Waals surface area contributed by atoms with Crippen LogP contribution in [0.25, 0.3) is 0 Å². The first-order valence-electron chi connectivity index (χ1n) is 3.08. The second kappa shape index (κ2) is 2.46. The van der Waals surface area contributed by atoms with Gasteiger partial charge in [-0.3, -0.25) is 0 Å². The number of rotatable bonds is 1. The predicted molar refractivity (Wildman–Crippen MR) is 38.6 cm³/mol. The minimum absolute atomic E-state index is 0.332. The van der Waals surface area contributed by atoms with Crippen molar-refractivity contribution in [1.29, 1.82) is 0 Å². The number of hydrogen-bond acceptors (Lipinski definition) is 5. The largest absolute Gasteiger partial charge is 0.447 e. The van der Waals surface area contributed by atoms with E-state index in [1.807, 2.05) is 0 Å². The molecule has 1 saturated heterocycles. The fourth-order valence-electron chi connectivity index (χ4n) is 0.852. The summed E-state index contributed by atoms with van der Waals surface area (Å²) in [5.74, 6) is 0. The first-order valence-corrected chi connectivity index (χ1v) is 3.96. The number of aromatic nitrogens is 2. The van der Waals surface area contributed by atoms with Gasteiger partial charge in [-0.2, -0.15) is 0 Å². The van der Waals surface area contributed by atoms with Crippen molar-refractivity contribution in [2.45, 2.75) is 0 Å². The molecule has 0 N–H and O–H groups in total. The molecule has 0 bridgehead atoms. The molecule has 0 spiro atoms. The molecular formula is C5H5N3O2S. The lowest BCUT2D eigenvalue weighted by atomic mass is 10.7. The highest BCUT2D eigenvalue weighted by Gasteiger charge is 2.25. The second-order valence-electron chi connectivity index (χ2n) is 1.99. The van der Waals surface area contributed by atoms with Crippen LogP contribution in [0.3, 0.4) is 0 Å². The van der Waals surface area contributed by atoms with Crippen molar-refractivity contribution < 1.29 is 9.53 Å². The van der Waals surface area contributed by atoms with Crippen LogP contribution in [0.1, 0.15) is 0 Å². The van der Waals surface area contributed by atoms with Crippen molar-refractivity contribution in [1.82, 2.24) is 10.2 Å². The van der Waals surface area contributed by atoms with E-state index in [4.69, 9.17) is 4.74 Å². The van der Waals surface area contributed by atoms with E-state index in [9.17, 15) is 4.79 Å². The van der Waals surface area contributed by atoms with Gasteiger partial charge in [0.05, 0.1) is 6.54 Å². The van der Waals surface area contributed by atoms with Gasteiger partial charge in [0.1, 0.15) is 12.1 Å². The normalized spacial score (nSPS) is 17.1. The summed E-state index contributed by atoms with van der Waals surface area (Å²) < 4.78 is 4.72. The van der Waals surface area contributed by atoms with Crippen LogP contribution < -0.4 is 4.90 Å². The average Bonchev–Trinajstić information content (AvgIpc) is 2.55. The van der Waals surface area contributed by atoms with Gasteiger partial charge < -0.3 is 4.74 Å². The lowest BCUT2D eigenvalue weighted by molar-refractivity contribution is 0.181. The maximum absolute atomic E-state index is 10.9. The van der Waals surface area contributed by atoms with E-state index in [0.29, 0.717) is 18.3 Å². The number of anilines is 1. The van der Waals surface area contributed by atoms with Gasteiger partial charge in [-0.25, -0.2) is 9.69 Å². The van der Waals surface area contributed by atoms with Crippen LogP contribution in [0.15, 0.2) is 5.51 Å². The van der Waals surface area contributed by atoms with Crippen LogP contribution in [0.4, 0.5) is 9.93 Å². The molecule has 0 atom stereocenters. The highest BCUT2D eigenvalue weighted by molar-refractivity contribution is 7.13. The van der Waals surface area contributed by atoms with E-state index < -0.39 is 0 Å². The Labute approximate surface area is 66.6 Å². The van der Waals surface area contributed by atoms with Crippen molar-refractivity contribution in [3.63, 3.8) is 0 Å². The first kappa shape index (κ1) is 6.53. The zero-order chi connectivity index (χ0) is 7.68. The third-order valence-corrected chi connectivity index (χ3v) is 2.05. The lowest BCUT2D eigenvalue weighted by Gasteiger charge is -2.04. The first-order chi connectivity index (χ1) is 5.38. The fourth-order valence-corrected chi connectivity index (χ4v) is 1.43. The predicted octanol–water partition coefficient (Wildman–Crippen LogP) is 0.495. The number of carbonyl (C=O) groups excluding carboxylic acids is 1. The molecule has 58 valence electrons. The minimum Gasteiger partial charge on any atom is -0.447 e. The van der Waals surface area contributed by atoms with Crippen LogP contribution in [0.5, 0.6) is 0 Å². The van der Waals surface area contributed by atoms with Gasteiger partial charge in [-0.05, 0) is 0 Å². The number of cyclic esters (lactones) is 1. The molecule has 1 aliphatic heterocycles. The van der Waals surface area contributed by atoms with Gasteiger partial charge in [-0.15, -0.1) is 10.2 Å². The Kier molecular flexibility index (Phi) is 1.46. The Hall–Kier alpha value is -1.17. The number of nitrogens with zero attached hydrogens (tertiary/aromatic N) is 3. The number of hydrogen-bond donors (Lipinski definition) is 0. The van der Waals surface area contributed by atoms with Crippen molar-refractivity contribution in [3.05, 3.63) is 5.51 Å². The summed E-state index contributed by atoms with van der Waals surface area (Å²) in [6.45, 7) is 1.02. The van der Waals surface area contributed by atoms with Gasteiger partial charge in [0.25, 0.3) is 0 Å². The molecule has 2 rings (SSSR count). The van der Waals surface area contributed by atoms with Gasteiger partial charge in [-0.1, -0.05) is 11.3 Å². The molecule has 1 aromatic rings. The molecule has 1 amide bonds. The van der Waals surface area contributed by atoms with Crippen molar-refractivity contribution in [3.8, 4) is 0 Å². The molecule has 0 saturated carbocycles.